The summed E-state index contributed by atoms with van der Waals surface area (Å²) in [5.74, 6) is 0.616. The van der Waals surface area contributed by atoms with Crippen LogP contribution < -0.4 is 5.01 Å². The first kappa shape index (κ1) is 16.1. The molecule has 0 radical (unpaired) electrons. The normalized spacial score (nSPS) is 19.1. The van der Waals surface area contributed by atoms with Crippen molar-refractivity contribution in [3.05, 3.63) is 63.2 Å². The van der Waals surface area contributed by atoms with Crippen molar-refractivity contribution in [1.29, 1.82) is 0 Å². The topological polar surface area (TPSA) is 75.8 Å². The number of amides is 1. The van der Waals surface area contributed by atoms with E-state index in [1.54, 1.807) is 48.2 Å². The highest BCUT2D eigenvalue weighted by Gasteiger charge is 2.35. The maximum Gasteiger partial charge on any atom is 0.270 e. The molecule has 0 N–H and O–H groups in total. The zero-order valence-electron chi connectivity index (χ0n) is 12.9. The minimum absolute atomic E-state index is 0.0256. The van der Waals surface area contributed by atoms with E-state index in [9.17, 15) is 14.9 Å². The van der Waals surface area contributed by atoms with Gasteiger partial charge in [-0.2, -0.15) is 5.10 Å². The van der Waals surface area contributed by atoms with Crippen LogP contribution in [0.2, 0.25) is 5.02 Å². The van der Waals surface area contributed by atoms with Crippen LogP contribution in [-0.4, -0.2) is 22.3 Å². The first-order chi connectivity index (χ1) is 12.0. The number of thioether (sulfide) groups is 1. The number of carbonyl (C=O) groups is 1. The average Bonchev–Trinajstić information content (AvgIpc) is 2.61. The van der Waals surface area contributed by atoms with E-state index in [2.05, 4.69) is 5.10 Å². The summed E-state index contributed by atoms with van der Waals surface area (Å²) in [6.45, 7) is 0. The van der Waals surface area contributed by atoms with Crippen LogP contribution >= 0.6 is 23.4 Å². The summed E-state index contributed by atoms with van der Waals surface area (Å²) in [7, 11) is 0. The fourth-order valence-electron chi connectivity index (χ4n) is 2.98. The number of nitrogens with zero attached hydrogens (tertiary/aromatic N) is 3. The molecule has 0 spiro atoms. The molecule has 0 bridgehead atoms. The van der Waals surface area contributed by atoms with Crippen LogP contribution in [0.4, 0.5) is 11.4 Å². The molecule has 2 aliphatic rings. The summed E-state index contributed by atoms with van der Waals surface area (Å²) in [4.78, 5) is 24.1. The van der Waals surface area contributed by atoms with Gasteiger partial charge in [0.05, 0.1) is 16.3 Å². The molecule has 126 valence electrons. The number of nitro benzene ring substituents is 1. The van der Waals surface area contributed by atoms with Gasteiger partial charge in [-0.15, -0.1) is 11.8 Å². The van der Waals surface area contributed by atoms with Crippen LogP contribution in [0.3, 0.4) is 0 Å². The lowest BCUT2D eigenvalue weighted by Crippen LogP contribution is -2.39. The molecule has 0 saturated carbocycles. The van der Waals surface area contributed by atoms with Crippen molar-refractivity contribution < 1.29 is 9.72 Å². The minimum Gasteiger partial charge on any atom is -0.273 e. The molecule has 6 nitrogen and oxygen atoms in total. The van der Waals surface area contributed by atoms with Gasteiger partial charge in [0.2, 0.25) is 5.91 Å². The van der Waals surface area contributed by atoms with E-state index in [1.165, 1.54) is 11.1 Å². The molecule has 0 aliphatic carbocycles. The number of halogens is 1. The zero-order chi connectivity index (χ0) is 17.6. The molecule has 8 heteroatoms. The fraction of sp³-hybridized carbons (Fsp3) is 0.176. The third-order valence-electron chi connectivity index (χ3n) is 4.21. The number of nitro groups is 1. The van der Waals surface area contributed by atoms with E-state index in [0.717, 1.165) is 21.9 Å². The monoisotopic (exact) mass is 373 g/mol. The Hall–Kier alpha value is -2.38. The van der Waals surface area contributed by atoms with E-state index >= 15 is 0 Å². The predicted molar refractivity (Wildman–Crippen MR) is 97.4 cm³/mol. The summed E-state index contributed by atoms with van der Waals surface area (Å²) in [6.07, 6.45) is 0.330. The molecule has 1 amide bonds. The molecule has 1 unspecified atom stereocenters. The molecular weight excluding hydrogens is 362 g/mol. The van der Waals surface area contributed by atoms with Crippen molar-refractivity contribution in [3.63, 3.8) is 0 Å². The van der Waals surface area contributed by atoms with Crippen LogP contribution in [0.1, 0.15) is 12.0 Å². The Labute approximate surface area is 152 Å². The summed E-state index contributed by atoms with van der Waals surface area (Å²) in [5.41, 5.74) is 2.12. The smallest absolute Gasteiger partial charge is 0.270 e. The number of carbonyl (C=O) groups excluding carboxylic acids is 1. The van der Waals surface area contributed by atoms with Crippen LogP contribution in [0.15, 0.2) is 52.5 Å². The first-order valence-electron chi connectivity index (χ1n) is 7.61. The summed E-state index contributed by atoms with van der Waals surface area (Å²) >= 11 is 7.51. The summed E-state index contributed by atoms with van der Waals surface area (Å²) in [5, 5.41) is 17.6. The molecule has 1 atom stereocenters. The van der Waals surface area contributed by atoms with Crippen molar-refractivity contribution >= 4 is 46.4 Å². The van der Waals surface area contributed by atoms with Crippen LogP contribution in [-0.2, 0) is 4.79 Å². The molecule has 2 aromatic carbocycles. The number of benzene rings is 2. The van der Waals surface area contributed by atoms with Gasteiger partial charge >= 0.3 is 0 Å². The maximum atomic E-state index is 12.5. The third-order valence-corrected chi connectivity index (χ3v) is 5.70. The minimum atomic E-state index is -0.417. The van der Waals surface area contributed by atoms with Gasteiger partial charge in [0.25, 0.3) is 5.69 Å². The van der Waals surface area contributed by atoms with Crippen LogP contribution in [0.5, 0.6) is 0 Å². The molecule has 0 fully saturated rings. The fourth-order valence-corrected chi connectivity index (χ4v) is 4.25. The second-order valence-corrected chi connectivity index (χ2v) is 7.32. The van der Waals surface area contributed by atoms with E-state index in [1.807, 2.05) is 0 Å². The van der Waals surface area contributed by atoms with Crippen LogP contribution in [0, 0.1) is 16.0 Å². The van der Waals surface area contributed by atoms with Gasteiger partial charge in [0.15, 0.2) is 0 Å². The Morgan fingerprint density at radius 1 is 1.24 bits per heavy atom. The molecule has 0 aromatic heterocycles. The zero-order valence-corrected chi connectivity index (χ0v) is 14.5. The van der Waals surface area contributed by atoms with E-state index in [-0.39, 0.29) is 17.5 Å². The van der Waals surface area contributed by atoms with Gasteiger partial charge in [0.1, 0.15) is 0 Å². The highest BCUT2D eigenvalue weighted by molar-refractivity contribution is 7.99. The van der Waals surface area contributed by atoms with Crippen molar-refractivity contribution in [1.82, 2.24) is 0 Å². The Bertz CT molecular complexity index is 914. The number of hydrogen-bond acceptors (Lipinski definition) is 5. The number of fused-ring (bicyclic) bond motifs is 3. The van der Waals surface area contributed by atoms with Crippen molar-refractivity contribution in [3.8, 4) is 0 Å². The van der Waals surface area contributed by atoms with E-state index in [0.29, 0.717) is 17.1 Å². The molecular formula is C17H12ClN3O3S. The van der Waals surface area contributed by atoms with Gasteiger partial charge in [0, 0.05) is 45.7 Å². The second kappa shape index (κ2) is 6.16. The molecule has 2 heterocycles. The van der Waals surface area contributed by atoms with Gasteiger partial charge in [-0.3, -0.25) is 14.9 Å². The Balaban J connectivity index is 1.81. The molecule has 2 aliphatic heterocycles. The lowest BCUT2D eigenvalue weighted by Gasteiger charge is -2.32. The largest absolute Gasteiger partial charge is 0.273 e. The number of hydrogen-bond donors (Lipinski definition) is 0. The Morgan fingerprint density at radius 2 is 2.00 bits per heavy atom. The SMILES string of the molecule is O=C1CC2CSc3ccc([N+](=O)[O-])cc3C2=NN1c1ccc(Cl)cc1. The summed E-state index contributed by atoms with van der Waals surface area (Å²) < 4.78 is 0. The molecule has 2 aromatic rings. The van der Waals surface area contributed by atoms with Crippen molar-refractivity contribution in [2.45, 2.75) is 11.3 Å². The van der Waals surface area contributed by atoms with Crippen molar-refractivity contribution in [2.75, 3.05) is 10.8 Å². The standard InChI is InChI=1S/C17H12ClN3O3S/c18-11-1-3-12(4-2-11)20-16(22)7-10-9-25-15-6-5-13(21(23)24)8-14(15)17(10)19-20/h1-6,8,10H,7,9H2. The highest BCUT2D eigenvalue weighted by Crippen LogP contribution is 2.39. The van der Waals surface area contributed by atoms with E-state index in [4.69, 9.17) is 11.6 Å². The lowest BCUT2D eigenvalue weighted by atomic mass is 9.92. The number of hydrazone groups is 1. The quantitative estimate of drug-likeness (QED) is 0.586. The van der Waals surface area contributed by atoms with E-state index < -0.39 is 4.92 Å². The lowest BCUT2D eigenvalue weighted by molar-refractivity contribution is -0.384. The van der Waals surface area contributed by atoms with Crippen LogP contribution in [0.25, 0.3) is 0 Å². The molecule has 4 rings (SSSR count). The molecule has 25 heavy (non-hydrogen) atoms. The maximum absolute atomic E-state index is 12.5. The average molecular weight is 374 g/mol. The Morgan fingerprint density at radius 3 is 2.72 bits per heavy atom. The first-order valence-corrected chi connectivity index (χ1v) is 8.98. The van der Waals surface area contributed by atoms with Gasteiger partial charge in [-0.25, -0.2) is 5.01 Å². The highest BCUT2D eigenvalue weighted by atomic mass is 35.5. The number of rotatable bonds is 2. The second-order valence-electron chi connectivity index (χ2n) is 5.82. The van der Waals surface area contributed by atoms with Gasteiger partial charge < -0.3 is 0 Å². The Kier molecular flexibility index (Phi) is 3.97. The van der Waals surface area contributed by atoms with Gasteiger partial charge in [-0.1, -0.05) is 11.6 Å². The molecule has 0 saturated heterocycles. The van der Waals surface area contributed by atoms with Crippen molar-refractivity contribution in [2.24, 2.45) is 11.0 Å². The number of non-ortho nitro benzene ring substituents is 1. The summed E-state index contributed by atoms with van der Waals surface area (Å²) in [6, 6.07) is 11.7. The predicted octanol–water partition coefficient (Wildman–Crippen LogP) is 4.11. The van der Waals surface area contributed by atoms with Gasteiger partial charge in [-0.05, 0) is 30.3 Å². The number of anilines is 1. The third kappa shape index (κ3) is 2.89.